The highest BCUT2D eigenvalue weighted by Gasteiger charge is 2.38. The van der Waals surface area contributed by atoms with Crippen LogP contribution in [0.15, 0.2) is 0 Å². The van der Waals surface area contributed by atoms with Crippen LogP contribution in [0, 0.1) is 5.41 Å². The summed E-state index contributed by atoms with van der Waals surface area (Å²) < 4.78 is 1.51. The number of nitrogens with two attached hydrogens (primary N) is 1. The molecule has 0 spiro atoms. The third kappa shape index (κ3) is 3.50. The Bertz CT molecular complexity index is 316. The molecule has 1 rings (SSSR count). The molecule has 0 aromatic heterocycles. The lowest BCUT2D eigenvalue weighted by molar-refractivity contribution is 0.0966. The summed E-state index contributed by atoms with van der Waals surface area (Å²) >= 11 is 1.36. The second kappa shape index (κ2) is 5.14. The van der Waals surface area contributed by atoms with Crippen LogP contribution >= 0.6 is 11.9 Å². The highest BCUT2D eigenvalue weighted by atomic mass is 32.2. The average molecular weight is 260 g/mol. The van der Waals surface area contributed by atoms with Crippen molar-refractivity contribution in [2.75, 3.05) is 19.0 Å². The van der Waals surface area contributed by atoms with Crippen LogP contribution in [-0.4, -0.2) is 45.2 Å². The van der Waals surface area contributed by atoms with Crippen molar-refractivity contribution in [2.45, 2.75) is 27.7 Å². The van der Waals surface area contributed by atoms with Crippen LogP contribution in [0.3, 0.4) is 0 Å². The largest absolute Gasteiger partial charge is 0.344 e. The van der Waals surface area contributed by atoms with Gasteiger partial charge in [-0.1, -0.05) is 27.7 Å². The molecule has 7 heteroatoms. The fourth-order valence-electron chi connectivity index (χ4n) is 1.49. The number of carbonyl (C=O) groups excluding carboxylic acids is 2. The van der Waals surface area contributed by atoms with E-state index in [0.29, 0.717) is 6.54 Å². The predicted molar refractivity (Wildman–Crippen MR) is 67.8 cm³/mol. The zero-order valence-electron chi connectivity index (χ0n) is 10.8. The molecule has 1 saturated heterocycles. The number of hydrazine groups is 1. The van der Waals surface area contributed by atoms with Gasteiger partial charge >= 0.3 is 12.1 Å². The van der Waals surface area contributed by atoms with Crippen LogP contribution in [0.5, 0.6) is 0 Å². The molecule has 0 radical (unpaired) electrons. The molecule has 2 N–H and O–H groups in total. The summed E-state index contributed by atoms with van der Waals surface area (Å²) in [6, 6.07) is -0.712. The third-order valence-corrected chi connectivity index (χ3v) is 2.96. The molecular weight excluding hydrogens is 240 g/mol. The van der Waals surface area contributed by atoms with Crippen molar-refractivity contribution >= 4 is 24.0 Å². The van der Waals surface area contributed by atoms with E-state index in [1.807, 2.05) is 27.7 Å². The molecule has 0 aliphatic carbocycles. The molecule has 17 heavy (non-hydrogen) atoms. The Kier molecular flexibility index (Phi) is 4.26. The molecule has 1 heterocycles. The van der Waals surface area contributed by atoms with Gasteiger partial charge in [0.05, 0.1) is 0 Å². The molecule has 1 aliphatic rings. The third-order valence-electron chi connectivity index (χ3n) is 2.12. The van der Waals surface area contributed by atoms with Crippen molar-refractivity contribution in [3.8, 4) is 0 Å². The maximum absolute atomic E-state index is 12.1. The van der Waals surface area contributed by atoms with E-state index in [2.05, 4.69) is 0 Å². The van der Waals surface area contributed by atoms with Crippen molar-refractivity contribution in [1.82, 2.24) is 14.2 Å². The lowest BCUT2D eigenvalue weighted by atomic mass is 9.96. The minimum absolute atomic E-state index is 0.136. The topological polar surface area (TPSA) is 69.9 Å². The van der Waals surface area contributed by atoms with Crippen LogP contribution in [0.4, 0.5) is 9.59 Å². The van der Waals surface area contributed by atoms with Gasteiger partial charge in [-0.25, -0.2) is 29.6 Å². The van der Waals surface area contributed by atoms with E-state index in [4.69, 9.17) is 5.84 Å². The van der Waals surface area contributed by atoms with Crippen LogP contribution in [0.25, 0.3) is 0 Å². The summed E-state index contributed by atoms with van der Waals surface area (Å²) in [6.45, 7) is 8.36. The summed E-state index contributed by atoms with van der Waals surface area (Å²) in [5.41, 5.74) is -0.147. The van der Waals surface area contributed by atoms with Gasteiger partial charge in [0.25, 0.3) is 0 Å². The minimum atomic E-state index is -0.433. The summed E-state index contributed by atoms with van der Waals surface area (Å²) in [5.74, 6) is 6.37. The first-order chi connectivity index (χ1) is 7.76. The van der Waals surface area contributed by atoms with E-state index in [1.165, 1.54) is 21.2 Å². The molecule has 1 aliphatic heterocycles. The second-order valence-electron chi connectivity index (χ2n) is 5.12. The molecule has 1 fully saturated rings. The normalized spacial score (nSPS) is 18.1. The highest BCUT2D eigenvalue weighted by molar-refractivity contribution is 7.97. The van der Waals surface area contributed by atoms with Gasteiger partial charge in [-0.15, -0.1) is 0 Å². The molecule has 0 unspecified atom stereocenters. The SMILES string of the molecule is CCSN1CN(N)C(=O)N(CC(C)(C)C)C1=O. The van der Waals surface area contributed by atoms with E-state index in [1.54, 1.807) is 0 Å². The van der Waals surface area contributed by atoms with Gasteiger partial charge in [0.1, 0.15) is 6.67 Å². The average Bonchev–Trinajstić information content (AvgIpc) is 2.20. The number of imide groups is 1. The standard InChI is InChI=1S/C10H20N4O2S/c1-5-17-14-7-13(11)8(15)12(9(14)16)6-10(2,3)4/h5-7,11H2,1-4H3. The fraction of sp³-hybridized carbons (Fsp3) is 0.800. The van der Waals surface area contributed by atoms with E-state index >= 15 is 0 Å². The number of hydrogen-bond acceptors (Lipinski definition) is 4. The number of rotatable bonds is 3. The summed E-state index contributed by atoms with van der Waals surface area (Å²) in [4.78, 5) is 25.1. The predicted octanol–water partition coefficient (Wildman–Crippen LogP) is 1.69. The number of carbonyl (C=O) groups is 2. The molecule has 0 aromatic carbocycles. The number of hydrogen-bond donors (Lipinski definition) is 1. The molecule has 0 bridgehead atoms. The Hall–Kier alpha value is -0.950. The van der Waals surface area contributed by atoms with Crippen LogP contribution in [-0.2, 0) is 0 Å². The summed E-state index contributed by atoms with van der Waals surface area (Å²) in [6.07, 6.45) is 0. The Morgan fingerprint density at radius 2 is 1.88 bits per heavy atom. The number of amides is 4. The lowest BCUT2D eigenvalue weighted by Crippen LogP contribution is -2.62. The minimum Gasteiger partial charge on any atom is -0.247 e. The Morgan fingerprint density at radius 3 is 2.35 bits per heavy atom. The van der Waals surface area contributed by atoms with Gasteiger partial charge < -0.3 is 0 Å². The van der Waals surface area contributed by atoms with Crippen LogP contribution < -0.4 is 5.84 Å². The molecule has 4 amide bonds. The quantitative estimate of drug-likeness (QED) is 0.476. The Morgan fingerprint density at radius 1 is 1.29 bits per heavy atom. The van der Waals surface area contributed by atoms with Crippen molar-refractivity contribution in [3.63, 3.8) is 0 Å². The summed E-state index contributed by atoms with van der Waals surface area (Å²) in [7, 11) is 0. The van der Waals surface area contributed by atoms with Crippen molar-refractivity contribution in [1.29, 1.82) is 0 Å². The maximum atomic E-state index is 12.1. The molecule has 98 valence electrons. The second-order valence-corrected chi connectivity index (χ2v) is 6.40. The van der Waals surface area contributed by atoms with Crippen molar-refractivity contribution in [2.24, 2.45) is 11.3 Å². The van der Waals surface area contributed by atoms with Gasteiger partial charge in [0.2, 0.25) is 0 Å². The summed E-state index contributed by atoms with van der Waals surface area (Å²) in [5, 5.41) is 1.07. The Labute approximate surface area is 106 Å². The first-order valence-corrected chi connectivity index (χ1v) is 6.48. The zero-order chi connectivity index (χ0) is 13.2. The van der Waals surface area contributed by atoms with E-state index in [-0.39, 0.29) is 18.1 Å². The van der Waals surface area contributed by atoms with E-state index in [0.717, 1.165) is 10.8 Å². The Balaban J connectivity index is 2.84. The van der Waals surface area contributed by atoms with Gasteiger partial charge in [0.15, 0.2) is 0 Å². The maximum Gasteiger partial charge on any atom is 0.344 e. The van der Waals surface area contributed by atoms with Crippen LogP contribution in [0.1, 0.15) is 27.7 Å². The number of nitrogens with zero attached hydrogens (tertiary/aromatic N) is 3. The van der Waals surface area contributed by atoms with Gasteiger partial charge in [-0.2, -0.15) is 0 Å². The molecule has 0 atom stereocenters. The molecule has 0 aromatic rings. The first kappa shape index (κ1) is 14.1. The van der Waals surface area contributed by atoms with Crippen molar-refractivity contribution < 1.29 is 9.59 Å². The van der Waals surface area contributed by atoms with E-state index in [9.17, 15) is 9.59 Å². The fourth-order valence-corrected chi connectivity index (χ4v) is 2.22. The zero-order valence-corrected chi connectivity index (χ0v) is 11.6. The lowest BCUT2D eigenvalue weighted by Gasteiger charge is -2.40. The smallest absolute Gasteiger partial charge is 0.247 e. The van der Waals surface area contributed by atoms with Crippen molar-refractivity contribution in [3.05, 3.63) is 0 Å². The molecule has 0 saturated carbocycles. The monoisotopic (exact) mass is 260 g/mol. The molecule has 6 nitrogen and oxygen atoms in total. The number of urea groups is 2. The van der Waals surface area contributed by atoms with Gasteiger partial charge in [0, 0.05) is 12.3 Å². The molecular formula is C10H20N4O2S. The van der Waals surface area contributed by atoms with Gasteiger partial charge in [-0.3, -0.25) is 0 Å². The first-order valence-electron chi connectivity index (χ1n) is 5.54. The highest BCUT2D eigenvalue weighted by Crippen LogP contribution is 2.23. The van der Waals surface area contributed by atoms with Crippen LogP contribution in [0.2, 0.25) is 0 Å². The van der Waals surface area contributed by atoms with Gasteiger partial charge in [-0.05, 0) is 17.4 Å². The van der Waals surface area contributed by atoms with E-state index < -0.39 is 6.03 Å².